The molecule has 0 aliphatic carbocycles. The van der Waals surface area contributed by atoms with E-state index >= 15 is 0 Å². The molecule has 65 heavy (non-hydrogen) atoms. The maximum atomic E-state index is 13.4. The summed E-state index contributed by atoms with van der Waals surface area (Å²) in [5.41, 5.74) is 11.2. The molecule has 3 amide bonds. The van der Waals surface area contributed by atoms with Gasteiger partial charge < -0.3 is 45.4 Å². The number of hydrogen-bond donors (Lipinski definition) is 4. The first-order valence-electron chi connectivity index (χ1n) is 23.1. The number of phenols is 1. The number of nitrogens with two attached hydrogens (primary N) is 1. The molecule has 4 aromatic rings. The predicted molar refractivity (Wildman–Crippen MR) is 245 cm³/mol. The molecular weight excluding hydrogens is 829 g/mol. The minimum atomic E-state index is -1.27. The number of aliphatic hydroxyl groups is 1. The standard InChI is InChI=1S/C48H58N10O7/c49-45-42(28-40(51-52-45)38-6-1-2-7-43(38)59)56-29-33-8-9-34(30-56)57(33)32-4-3-5-36(26-32)65-25-23-54-20-18-53(19-21-54)22-24-64-35-14-16-55(17-15-35)31-10-11-37-39(27-31)48(63)58(47(37)62)41-12-13-44(60)50-46(41)61/h1-7,10-11,26-28,33-35,41,46,59,61H,8-9,12-25,29-30H2,(H2,49,52)(H,50,60). The van der Waals surface area contributed by atoms with Crippen LogP contribution in [0.4, 0.5) is 22.9 Å². The van der Waals surface area contributed by atoms with Gasteiger partial charge in [-0.1, -0.05) is 18.2 Å². The first-order chi connectivity index (χ1) is 31.7. The van der Waals surface area contributed by atoms with Crippen molar-refractivity contribution in [3.63, 3.8) is 0 Å². The van der Waals surface area contributed by atoms with Crippen molar-refractivity contribution in [1.29, 1.82) is 0 Å². The van der Waals surface area contributed by atoms with Crippen molar-refractivity contribution in [2.24, 2.45) is 0 Å². The Bertz CT molecular complexity index is 2390. The fourth-order valence-electron chi connectivity index (χ4n) is 10.7. The normalized spacial score (nSPS) is 24.2. The number of nitrogen functional groups attached to an aromatic ring is 1. The number of aromatic hydroxyl groups is 1. The molecule has 17 heteroatoms. The molecule has 4 unspecified atom stereocenters. The summed E-state index contributed by atoms with van der Waals surface area (Å²) in [5.74, 6) is 0.309. The quantitative estimate of drug-likeness (QED) is 0.143. The second-order valence-corrected chi connectivity index (χ2v) is 18.1. The molecule has 5 saturated heterocycles. The van der Waals surface area contributed by atoms with E-state index in [1.165, 1.54) is 5.69 Å². The number of rotatable bonds is 13. The summed E-state index contributed by atoms with van der Waals surface area (Å²) in [6.45, 7) is 10.3. The maximum Gasteiger partial charge on any atom is 0.262 e. The average Bonchev–Trinajstić information content (AvgIpc) is 3.73. The van der Waals surface area contributed by atoms with E-state index in [0.29, 0.717) is 53.5 Å². The number of aliphatic hydroxyl groups excluding tert-OH is 1. The highest BCUT2D eigenvalue weighted by Gasteiger charge is 2.45. The molecule has 4 atom stereocenters. The molecule has 0 saturated carbocycles. The lowest BCUT2D eigenvalue weighted by atomic mass is 10.0. The van der Waals surface area contributed by atoms with Gasteiger partial charge in [0.1, 0.15) is 24.3 Å². The number of benzene rings is 3. The van der Waals surface area contributed by atoms with Crippen molar-refractivity contribution < 1.29 is 34.1 Å². The lowest BCUT2D eigenvalue weighted by molar-refractivity contribution is -0.129. The Morgan fingerprint density at radius 1 is 0.708 bits per heavy atom. The summed E-state index contributed by atoms with van der Waals surface area (Å²) < 4.78 is 12.7. The topological polar surface area (TPSA) is 193 Å². The highest BCUT2D eigenvalue weighted by atomic mass is 16.5. The number of imide groups is 1. The number of nitrogens with one attached hydrogen (secondary N) is 1. The summed E-state index contributed by atoms with van der Waals surface area (Å²) in [7, 11) is 0. The van der Waals surface area contributed by atoms with Gasteiger partial charge in [0.15, 0.2) is 5.82 Å². The Kier molecular flexibility index (Phi) is 12.2. The van der Waals surface area contributed by atoms with E-state index in [9.17, 15) is 24.6 Å². The number of amides is 3. The van der Waals surface area contributed by atoms with Crippen molar-refractivity contribution in [2.75, 3.05) is 99.1 Å². The number of carbonyl (C=O) groups is 3. The summed E-state index contributed by atoms with van der Waals surface area (Å²) in [4.78, 5) is 51.4. The van der Waals surface area contributed by atoms with Crippen LogP contribution in [0.25, 0.3) is 11.3 Å². The van der Waals surface area contributed by atoms with Crippen molar-refractivity contribution >= 4 is 40.6 Å². The van der Waals surface area contributed by atoms with Gasteiger partial charge in [-0.05, 0) is 80.6 Å². The van der Waals surface area contributed by atoms with Crippen LogP contribution in [0.3, 0.4) is 0 Å². The zero-order valence-electron chi connectivity index (χ0n) is 36.6. The van der Waals surface area contributed by atoms with Gasteiger partial charge in [0, 0.05) is 107 Å². The number of fused-ring (bicyclic) bond motifs is 3. The fraction of sp³-hybridized carbons (Fsp3) is 0.479. The van der Waals surface area contributed by atoms with Gasteiger partial charge in [-0.2, -0.15) is 0 Å². The van der Waals surface area contributed by atoms with E-state index < -0.39 is 24.1 Å². The Balaban J connectivity index is 0.633. The minimum absolute atomic E-state index is 0.154. The number of nitrogens with zero attached hydrogens (tertiary/aromatic N) is 8. The molecule has 17 nitrogen and oxygen atoms in total. The van der Waals surface area contributed by atoms with Crippen LogP contribution in [0.15, 0.2) is 72.8 Å². The summed E-state index contributed by atoms with van der Waals surface area (Å²) in [6, 6.07) is 22.9. The summed E-state index contributed by atoms with van der Waals surface area (Å²) in [5, 5.41) is 31.8. The number of hydrogen-bond acceptors (Lipinski definition) is 15. The van der Waals surface area contributed by atoms with Gasteiger partial charge in [-0.3, -0.25) is 29.1 Å². The number of anilines is 4. The van der Waals surface area contributed by atoms with Crippen molar-refractivity contribution in [1.82, 2.24) is 30.2 Å². The van der Waals surface area contributed by atoms with Gasteiger partial charge in [-0.15, -0.1) is 10.2 Å². The van der Waals surface area contributed by atoms with Gasteiger partial charge in [-0.25, -0.2) is 0 Å². The number of para-hydroxylation sites is 1. The van der Waals surface area contributed by atoms with Gasteiger partial charge >= 0.3 is 0 Å². The Morgan fingerprint density at radius 3 is 2.17 bits per heavy atom. The molecular formula is C48H58N10O7. The zero-order chi connectivity index (χ0) is 44.6. The first kappa shape index (κ1) is 42.9. The zero-order valence-corrected chi connectivity index (χ0v) is 36.6. The number of phenolic OH excluding ortho intramolecular Hbond substituents is 1. The summed E-state index contributed by atoms with van der Waals surface area (Å²) >= 11 is 0. The second-order valence-electron chi connectivity index (χ2n) is 18.1. The highest BCUT2D eigenvalue weighted by molar-refractivity contribution is 6.22. The van der Waals surface area contributed by atoms with Crippen LogP contribution in [0.1, 0.15) is 59.2 Å². The summed E-state index contributed by atoms with van der Waals surface area (Å²) in [6.07, 6.45) is 3.25. The number of ether oxygens (including phenoxy) is 2. The molecule has 7 heterocycles. The van der Waals surface area contributed by atoms with Crippen LogP contribution >= 0.6 is 0 Å². The van der Waals surface area contributed by atoms with Crippen LogP contribution in [-0.4, -0.2) is 162 Å². The third kappa shape index (κ3) is 8.89. The number of piperazine rings is 2. The molecule has 6 aliphatic rings. The maximum absolute atomic E-state index is 13.4. The van der Waals surface area contributed by atoms with Crippen molar-refractivity contribution in [2.45, 2.75) is 69.0 Å². The predicted octanol–water partition coefficient (Wildman–Crippen LogP) is 3.16. The third-order valence-electron chi connectivity index (χ3n) is 14.2. The monoisotopic (exact) mass is 886 g/mol. The van der Waals surface area contributed by atoms with Gasteiger partial charge in [0.2, 0.25) is 5.91 Å². The molecule has 6 aliphatic heterocycles. The fourth-order valence-corrected chi connectivity index (χ4v) is 10.7. The molecule has 0 spiro atoms. The van der Waals surface area contributed by atoms with E-state index in [4.69, 9.17) is 15.2 Å². The number of piperidine rings is 2. The SMILES string of the molecule is Nc1nnc(-c2ccccc2O)cc1N1CC2CCC(C1)N2c1cccc(OCCN2CCN(CCOC3CCN(c4ccc5c(c4)C(=O)N(C4CCC(=O)NC4O)C5=O)CC3)CC2)c1. The van der Waals surface area contributed by atoms with E-state index in [2.05, 4.69) is 58.2 Å². The van der Waals surface area contributed by atoms with Crippen LogP contribution in [0.2, 0.25) is 0 Å². The molecule has 3 aromatic carbocycles. The molecule has 0 radical (unpaired) electrons. The highest BCUT2D eigenvalue weighted by Crippen LogP contribution is 2.40. The van der Waals surface area contributed by atoms with Crippen LogP contribution in [-0.2, 0) is 9.53 Å². The average molecular weight is 887 g/mol. The van der Waals surface area contributed by atoms with Crippen LogP contribution < -0.4 is 30.5 Å². The molecule has 5 fully saturated rings. The van der Waals surface area contributed by atoms with E-state index in [0.717, 1.165) is 113 Å². The first-order valence-corrected chi connectivity index (χ1v) is 23.1. The van der Waals surface area contributed by atoms with Crippen molar-refractivity contribution in [3.05, 3.63) is 83.9 Å². The molecule has 10 rings (SSSR count). The van der Waals surface area contributed by atoms with E-state index in [1.807, 2.05) is 30.3 Å². The smallest absolute Gasteiger partial charge is 0.262 e. The van der Waals surface area contributed by atoms with Crippen molar-refractivity contribution in [3.8, 4) is 22.8 Å². The molecule has 5 N–H and O–H groups in total. The Hall–Kier alpha value is -6.01. The number of carbonyl (C=O) groups excluding carboxylic acids is 3. The minimum Gasteiger partial charge on any atom is -0.507 e. The number of aromatic nitrogens is 2. The third-order valence-corrected chi connectivity index (χ3v) is 14.2. The van der Waals surface area contributed by atoms with Crippen LogP contribution in [0, 0.1) is 0 Å². The van der Waals surface area contributed by atoms with Gasteiger partial charge in [0.25, 0.3) is 11.8 Å². The Morgan fingerprint density at radius 2 is 1.43 bits per heavy atom. The lowest BCUT2D eigenvalue weighted by Crippen LogP contribution is -2.57. The molecule has 342 valence electrons. The van der Waals surface area contributed by atoms with E-state index in [-0.39, 0.29) is 30.6 Å². The second kappa shape index (κ2) is 18.5. The van der Waals surface area contributed by atoms with Gasteiger partial charge in [0.05, 0.1) is 41.3 Å². The largest absolute Gasteiger partial charge is 0.507 e. The lowest BCUT2D eigenvalue weighted by Gasteiger charge is -2.43. The van der Waals surface area contributed by atoms with E-state index in [1.54, 1.807) is 24.3 Å². The van der Waals surface area contributed by atoms with Crippen LogP contribution in [0.5, 0.6) is 11.5 Å². The molecule has 1 aromatic heterocycles. The molecule has 2 bridgehead atoms. The Labute approximate surface area is 378 Å².